The fourth-order valence-corrected chi connectivity index (χ4v) is 1.93. The molecule has 0 bridgehead atoms. The number of rotatable bonds is 7. The highest BCUT2D eigenvalue weighted by atomic mass is 16.2. The molecule has 0 spiro atoms. The van der Waals surface area contributed by atoms with Crippen LogP contribution in [-0.4, -0.2) is 60.4 Å². The van der Waals surface area contributed by atoms with E-state index in [0.717, 1.165) is 12.8 Å². The van der Waals surface area contributed by atoms with Crippen molar-refractivity contribution in [1.29, 1.82) is 0 Å². The molecule has 0 saturated heterocycles. The molecule has 1 N–H and O–H groups in total. The molecule has 2 amide bonds. The Hall–Kier alpha value is -1.10. The van der Waals surface area contributed by atoms with Crippen LogP contribution in [0.3, 0.4) is 0 Å². The van der Waals surface area contributed by atoms with Crippen molar-refractivity contribution in [2.24, 2.45) is 0 Å². The first-order chi connectivity index (χ1) is 8.51. The number of carbonyl (C=O) groups excluding carboxylic acids is 2. The van der Waals surface area contributed by atoms with Gasteiger partial charge in [0.25, 0.3) is 0 Å². The summed E-state index contributed by atoms with van der Waals surface area (Å²) in [6.45, 7) is 7.38. The summed E-state index contributed by atoms with van der Waals surface area (Å²) in [7, 11) is 1.83. The second-order valence-electron chi connectivity index (χ2n) is 4.85. The maximum atomic E-state index is 12.0. The minimum Gasteiger partial charge on any atom is -0.342 e. The Morgan fingerprint density at radius 2 is 1.83 bits per heavy atom. The standard InChI is InChI=1S/C13H25N3O2/c1-5-16(6-2)13(18)10(3)14-9-12(17)15(4)11-7-8-11/h10-11,14H,5-9H2,1-4H3. The minimum absolute atomic E-state index is 0.0573. The van der Waals surface area contributed by atoms with Gasteiger partial charge in [-0.3, -0.25) is 14.9 Å². The Kier molecular flexibility index (Phi) is 5.59. The summed E-state index contributed by atoms with van der Waals surface area (Å²) < 4.78 is 0. The van der Waals surface area contributed by atoms with Gasteiger partial charge in [0.05, 0.1) is 12.6 Å². The van der Waals surface area contributed by atoms with Gasteiger partial charge in [0.2, 0.25) is 11.8 Å². The number of amides is 2. The smallest absolute Gasteiger partial charge is 0.239 e. The molecular formula is C13H25N3O2. The number of nitrogens with zero attached hydrogens (tertiary/aromatic N) is 2. The van der Waals surface area contributed by atoms with Crippen molar-refractivity contribution in [2.75, 3.05) is 26.7 Å². The van der Waals surface area contributed by atoms with Gasteiger partial charge in [-0.05, 0) is 33.6 Å². The predicted octanol–water partition coefficient (Wildman–Crippen LogP) is 0.454. The van der Waals surface area contributed by atoms with Gasteiger partial charge in [0.15, 0.2) is 0 Å². The molecule has 0 aromatic heterocycles. The van der Waals surface area contributed by atoms with E-state index < -0.39 is 0 Å². The van der Waals surface area contributed by atoms with Crippen LogP contribution < -0.4 is 5.32 Å². The number of hydrogen-bond acceptors (Lipinski definition) is 3. The van der Waals surface area contributed by atoms with Crippen molar-refractivity contribution in [3.8, 4) is 0 Å². The monoisotopic (exact) mass is 255 g/mol. The van der Waals surface area contributed by atoms with E-state index in [1.165, 1.54) is 0 Å². The Morgan fingerprint density at radius 3 is 2.28 bits per heavy atom. The molecule has 1 atom stereocenters. The van der Waals surface area contributed by atoms with Crippen LogP contribution in [0.2, 0.25) is 0 Å². The summed E-state index contributed by atoms with van der Waals surface area (Å²) in [6.07, 6.45) is 2.21. The van der Waals surface area contributed by atoms with E-state index in [1.807, 2.05) is 27.8 Å². The predicted molar refractivity (Wildman–Crippen MR) is 71.2 cm³/mol. The summed E-state index contributed by atoms with van der Waals surface area (Å²) >= 11 is 0. The van der Waals surface area contributed by atoms with E-state index in [2.05, 4.69) is 5.32 Å². The molecule has 0 aliphatic heterocycles. The minimum atomic E-state index is -0.304. The average Bonchev–Trinajstić information content (AvgIpc) is 3.20. The van der Waals surface area contributed by atoms with E-state index in [9.17, 15) is 9.59 Å². The SMILES string of the molecule is CCN(CC)C(=O)C(C)NCC(=O)N(C)C1CC1. The number of nitrogens with one attached hydrogen (secondary N) is 1. The molecule has 5 heteroatoms. The molecule has 1 unspecified atom stereocenters. The maximum Gasteiger partial charge on any atom is 0.239 e. The topological polar surface area (TPSA) is 52.7 Å². The van der Waals surface area contributed by atoms with E-state index in [4.69, 9.17) is 0 Å². The van der Waals surface area contributed by atoms with Gasteiger partial charge in [0, 0.05) is 26.2 Å². The van der Waals surface area contributed by atoms with E-state index in [0.29, 0.717) is 19.1 Å². The van der Waals surface area contributed by atoms with Crippen molar-refractivity contribution < 1.29 is 9.59 Å². The van der Waals surface area contributed by atoms with Crippen molar-refractivity contribution in [3.63, 3.8) is 0 Å². The Morgan fingerprint density at radius 1 is 1.28 bits per heavy atom. The molecular weight excluding hydrogens is 230 g/mol. The summed E-state index contributed by atoms with van der Waals surface area (Å²) in [5.41, 5.74) is 0. The Labute approximate surface area is 110 Å². The highest BCUT2D eigenvalue weighted by Gasteiger charge is 2.29. The zero-order valence-electron chi connectivity index (χ0n) is 11.9. The van der Waals surface area contributed by atoms with Gasteiger partial charge in [-0.2, -0.15) is 0 Å². The van der Waals surface area contributed by atoms with E-state index in [1.54, 1.807) is 9.80 Å². The summed E-state index contributed by atoms with van der Waals surface area (Å²) in [4.78, 5) is 27.3. The van der Waals surface area contributed by atoms with Crippen molar-refractivity contribution in [3.05, 3.63) is 0 Å². The fraction of sp³-hybridized carbons (Fsp3) is 0.846. The Bertz CT molecular complexity index is 299. The van der Waals surface area contributed by atoms with Crippen LogP contribution in [0.25, 0.3) is 0 Å². The van der Waals surface area contributed by atoms with Gasteiger partial charge in [-0.1, -0.05) is 0 Å². The Balaban J connectivity index is 2.33. The van der Waals surface area contributed by atoms with Gasteiger partial charge in [-0.15, -0.1) is 0 Å². The third-order valence-electron chi connectivity index (χ3n) is 3.49. The number of likely N-dealkylation sites (N-methyl/N-ethyl adjacent to an activating group) is 2. The van der Waals surface area contributed by atoms with Crippen LogP contribution in [-0.2, 0) is 9.59 Å². The quantitative estimate of drug-likeness (QED) is 0.719. The van der Waals surface area contributed by atoms with Crippen LogP contribution in [0, 0.1) is 0 Å². The van der Waals surface area contributed by atoms with Gasteiger partial charge < -0.3 is 9.80 Å². The van der Waals surface area contributed by atoms with Crippen LogP contribution in [0.4, 0.5) is 0 Å². The maximum absolute atomic E-state index is 12.0. The van der Waals surface area contributed by atoms with Crippen molar-refractivity contribution >= 4 is 11.8 Å². The zero-order chi connectivity index (χ0) is 13.7. The number of hydrogen-bond donors (Lipinski definition) is 1. The van der Waals surface area contributed by atoms with Crippen LogP contribution in [0.15, 0.2) is 0 Å². The third kappa shape index (κ3) is 3.98. The molecule has 1 fully saturated rings. The van der Waals surface area contributed by atoms with Gasteiger partial charge in [0.1, 0.15) is 0 Å². The van der Waals surface area contributed by atoms with Crippen LogP contribution >= 0.6 is 0 Å². The summed E-state index contributed by atoms with van der Waals surface area (Å²) in [5.74, 6) is 0.124. The van der Waals surface area contributed by atoms with Crippen molar-refractivity contribution in [1.82, 2.24) is 15.1 Å². The molecule has 0 heterocycles. The molecule has 18 heavy (non-hydrogen) atoms. The second kappa shape index (κ2) is 6.73. The zero-order valence-corrected chi connectivity index (χ0v) is 11.9. The molecule has 1 rings (SSSR count). The lowest BCUT2D eigenvalue weighted by Crippen LogP contribution is -2.48. The van der Waals surface area contributed by atoms with Crippen LogP contribution in [0.1, 0.15) is 33.6 Å². The molecule has 0 aromatic rings. The molecule has 1 aliphatic rings. The normalized spacial score (nSPS) is 16.2. The lowest BCUT2D eigenvalue weighted by atomic mass is 10.2. The van der Waals surface area contributed by atoms with E-state index in [-0.39, 0.29) is 24.4 Å². The first kappa shape index (κ1) is 15.0. The largest absolute Gasteiger partial charge is 0.342 e. The molecule has 1 saturated carbocycles. The lowest BCUT2D eigenvalue weighted by molar-refractivity contribution is -0.133. The van der Waals surface area contributed by atoms with E-state index >= 15 is 0 Å². The summed E-state index contributed by atoms with van der Waals surface area (Å²) in [6, 6.07) is 0.120. The second-order valence-corrected chi connectivity index (χ2v) is 4.85. The molecule has 5 nitrogen and oxygen atoms in total. The molecule has 0 aromatic carbocycles. The lowest BCUT2D eigenvalue weighted by Gasteiger charge is -2.24. The third-order valence-corrected chi connectivity index (χ3v) is 3.49. The average molecular weight is 255 g/mol. The van der Waals surface area contributed by atoms with Gasteiger partial charge in [-0.25, -0.2) is 0 Å². The molecule has 0 radical (unpaired) electrons. The van der Waals surface area contributed by atoms with Crippen molar-refractivity contribution in [2.45, 2.75) is 45.7 Å². The summed E-state index contributed by atoms with van der Waals surface area (Å²) in [5, 5.41) is 3.01. The van der Waals surface area contributed by atoms with Crippen LogP contribution in [0.5, 0.6) is 0 Å². The highest BCUT2D eigenvalue weighted by Crippen LogP contribution is 2.25. The molecule has 104 valence electrons. The number of carbonyl (C=O) groups is 2. The fourth-order valence-electron chi connectivity index (χ4n) is 1.93. The first-order valence-electron chi connectivity index (χ1n) is 6.79. The van der Waals surface area contributed by atoms with Gasteiger partial charge >= 0.3 is 0 Å². The molecule has 1 aliphatic carbocycles. The highest BCUT2D eigenvalue weighted by molar-refractivity contribution is 5.83. The first-order valence-corrected chi connectivity index (χ1v) is 6.79.